The van der Waals surface area contributed by atoms with Crippen LogP contribution in [0.15, 0.2) is 24.3 Å². The van der Waals surface area contributed by atoms with E-state index in [0.717, 1.165) is 5.69 Å². The van der Waals surface area contributed by atoms with Gasteiger partial charge in [0.15, 0.2) is 0 Å². The molecule has 0 saturated heterocycles. The molecule has 1 amide bonds. The van der Waals surface area contributed by atoms with E-state index in [1.54, 1.807) is 41.8 Å². The molecule has 0 spiro atoms. The number of carbonyl (C=O) groups excluding carboxylic acids is 1. The predicted molar refractivity (Wildman–Crippen MR) is 81.2 cm³/mol. The van der Waals surface area contributed by atoms with E-state index < -0.39 is 11.9 Å². The first-order valence-corrected chi connectivity index (χ1v) is 7.05. The fraction of sp³-hybridized carbons (Fsp3) is 0.312. The Labute approximate surface area is 128 Å². The summed E-state index contributed by atoms with van der Waals surface area (Å²) in [4.78, 5) is 25.9. The van der Waals surface area contributed by atoms with Crippen molar-refractivity contribution < 1.29 is 14.7 Å². The first-order valence-electron chi connectivity index (χ1n) is 7.05. The lowest BCUT2D eigenvalue weighted by Crippen LogP contribution is -2.32. The summed E-state index contributed by atoms with van der Waals surface area (Å²) >= 11 is 0. The molecule has 1 N–H and O–H groups in total. The van der Waals surface area contributed by atoms with Gasteiger partial charge in [-0.1, -0.05) is 18.2 Å². The van der Waals surface area contributed by atoms with E-state index in [9.17, 15) is 14.7 Å². The third-order valence-electron chi connectivity index (χ3n) is 4.23. The summed E-state index contributed by atoms with van der Waals surface area (Å²) in [7, 11) is 1.79. The molecule has 1 unspecified atom stereocenters. The maximum Gasteiger partial charge on any atom is 0.312 e. The van der Waals surface area contributed by atoms with Crippen molar-refractivity contribution in [3.05, 3.63) is 46.8 Å². The highest BCUT2D eigenvalue weighted by molar-refractivity contribution is 6.10. The van der Waals surface area contributed by atoms with Crippen LogP contribution in [0.3, 0.4) is 0 Å². The van der Waals surface area contributed by atoms with Crippen molar-refractivity contribution >= 4 is 17.6 Å². The third-order valence-corrected chi connectivity index (χ3v) is 4.23. The third kappa shape index (κ3) is 1.99. The number of aliphatic carboxylic acids is 1. The molecule has 0 fully saturated rings. The molecule has 0 bridgehead atoms. The summed E-state index contributed by atoms with van der Waals surface area (Å²) in [6, 6.07) is 7.16. The minimum Gasteiger partial charge on any atom is -0.481 e. The Morgan fingerprint density at radius 3 is 2.55 bits per heavy atom. The second-order valence-corrected chi connectivity index (χ2v) is 5.53. The van der Waals surface area contributed by atoms with Crippen LogP contribution < -0.4 is 4.90 Å². The lowest BCUT2D eigenvalue weighted by atomic mass is 10.0. The molecule has 1 atom stereocenters. The zero-order chi connectivity index (χ0) is 16.0. The summed E-state index contributed by atoms with van der Waals surface area (Å²) in [5, 5.41) is 13.7. The Balaban J connectivity index is 2.06. The summed E-state index contributed by atoms with van der Waals surface area (Å²) in [5.41, 5.74) is 3.33. The number of benzene rings is 1. The van der Waals surface area contributed by atoms with Gasteiger partial charge in [0.05, 0.1) is 11.3 Å². The van der Waals surface area contributed by atoms with Gasteiger partial charge in [-0.25, -0.2) is 0 Å². The van der Waals surface area contributed by atoms with E-state index in [1.165, 1.54) is 0 Å². The molecule has 1 aromatic carbocycles. The largest absolute Gasteiger partial charge is 0.481 e. The van der Waals surface area contributed by atoms with E-state index >= 15 is 0 Å². The van der Waals surface area contributed by atoms with Crippen molar-refractivity contribution in [2.24, 2.45) is 7.05 Å². The first kappa shape index (κ1) is 14.3. The molecule has 2 aromatic rings. The van der Waals surface area contributed by atoms with E-state index in [1.807, 2.05) is 13.0 Å². The van der Waals surface area contributed by atoms with E-state index in [0.29, 0.717) is 22.5 Å². The number of carboxylic acids is 1. The molecule has 0 aliphatic carbocycles. The fourth-order valence-electron chi connectivity index (χ4n) is 3.03. The van der Waals surface area contributed by atoms with Crippen LogP contribution in [0.2, 0.25) is 0 Å². The van der Waals surface area contributed by atoms with Crippen molar-refractivity contribution in [2.45, 2.75) is 19.8 Å². The number of nitrogens with zero attached hydrogens (tertiary/aromatic N) is 3. The molecule has 1 aliphatic rings. The molecule has 1 aromatic heterocycles. The Bertz CT molecular complexity index is 779. The van der Waals surface area contributed by atoms with Gasteiger partial charge >= 0.3 is 5.97 Å². The van der Waals surface area contributed by atoms with Gasteiger partial charge < -0.3 is 10.0 Å². The van der Waals surface area contributed by atoms with Crippen LogP contribution in [0, 0.1) is 13.8 Å². The minimum atomic E-state index is -0.914. The number of fused-ring (bicyclic) bond motifs is 1. The summed E-state index contributed by atoms with van der Waals surface area (Å²) < 4.78 is 1.67. The quantitative estimate of drug-likeness (QED) is 0.918. The molecular weight excluding hydrogens is 282 g/mol. The van der Waals surface area contributed by atoms with Crippen LogP contribution in [-0.2, 0) is 11.8 Å². The zero-order valence-corrected chi connectivity index (χ0v) is 12.7. The number of para-hydroxylation sites is 1. The van der Waals surface area contributed by atoms with Crippen molar-refractivity contribution in [2.75, 3.05) is 11.4 Å². The van der Waals surface area contributed by atoms with Crippen LogP contribution in [0.5, 0.6) is 0 Å². The summed E-state index contributed by atoms with van der Waals surface area (Å²) in [5.74, 6) is -1.79. The Morgan fingerprint density at radius 1 is 1.27 bits per heavy atom. The minimum absolute atomic E-state index is 0.154. The molecule has 0 radical (unpaired) electrons. The smallest absolute Gasteiger partial charge is 0.312 e. The molecule has 6 heteroatoms. The predicted octanol–water partition coefficient (Wildman–Crippen LogP) is 1.87. The van der Waals surface area contributed by atoms with Crippen molar-refractivity contribution in [3.8, 4) is 0 Å². The number of hydrogen-bond donors (Lipinski definition) is 1. The zero-order valence-electron chi connectivity index (χ0n) is 12.7. The van der Waals surface area contributed by atoms with Crippen molar-refractivity contribution in [1.82, 2.24) is 9.78 Å². The average molecular weight is 299 g/mol. The number of hydrogen-bond acceptors (Lipinski definition) is 3. The topological polar surface area (TPSA) is 75.4 Å². The van der Waals surface area contributed by atoms with Gasteiger partial charge in [0, 0.05) is 25.0 Å². The van der Waals surface area contributed by atoms with E-state index in [-0.39, 0.29) is 12.5 Å². The molecule has 1 aliphatic heterocycles. The summed E-state index contributed by atoms with van der Waals surface area (Å²) in [6.45, 7) is 3.78. The van der Waals surface area contributed by atoms with Crippen LogP contribution in [0.1, 0.15) is 33.2 Å². The molecule has 0 saturated carbocycles. The number of aryl methyl sites for hydroxylation is 2. The molecular formula is C16H17N3O3. The van der Waals surface area contributed by atoms with Crippen LogP contribution in [-0.4, -0.2) is 33.3 Å². The van der Waals surface area contributed by atoms with Gasteiger partial charge in [-0.2, -0.15) is 5.10 Å². The summed E-state index contributed by atoms with van der Waals surface area (Å²) in [6.07, 6.45) is 0. The highest BCUT2D eigenvalue weighted by Crippen LogP contribution is 2.37. The van der Waals surface area contributed by atoms with E-state index in [2.05, 4.69) is 5.10 Å². The number of carbonyl (C=O) groups is 2. The highest BCUT2D eigenvalue weighted by Gasteiger charge is 2.37. The molecule has 2 heterocycles. The normalized spacial score (nSPS) is 16.7. The number of carboxylic acid groups (broad SMARTS) is 1. The van der Waals surface area contributed by atoms with E-state index in [4.69, 9.17) is 0 Å². The maximum atomic E-state index is 12.9. The molecule has 6 nitrogen and oxygen atoms in total. The lowest BCUT2D eigenvalue weighted by Gasteiger charge is -2.17. The van der Waals surface area contributed by atoms with Gasteiger partial charge in [0.2, 0.25) is 0 Å². The van der Waals surface area contributed by atoms with Gasteiger partial charge in [-0.05, 0) is 25.5 Å². The number of rotatable bonds is 2. The van der Waals surface area contributed by atoms with Gasteiger partial charge in [-0.15, -0.1) is 0 Å². The Morgan fingerprint density at radius 2 is 1.95 bits per heavy atom. The van der Waals surface area contributed by atoms with Crippen LogP contribution in [0.25, 0.3) is 0 Å². The maximum absolute atomic E-state index is 12.9. The standard InChI is InChI=1S/C16H17N3O3/c1-9-14(10(2)18(3)17-9)15(20)19-8-12(16(21)22)11-6-4-5-7-13(11)19/h4-7,12H,8H2,1-3H3,(H,21,22). The van der Waals surface area contributed by atoms with Crippen molar-refractivity contribution in [3.63, 3.8) is 0 Å². The Hall–Kier alpha value is -2.63. The molecule has 3 rings (SSSR count). The second kappa shape index (κ2) is 4.98. The fourth-order valence-corrected chi connectivity index (χ4v) is 3.03. The lowest BCUT2D eigenvalue weighted by molar-refractivity contribution is -0.138. The highest BCUT2D eigenvalue weighted by atomic mass is 16.4. The van der Waals surface area contributed by atoms with Crippen LogP contribution >= 0.6 is 0 Å². The van der Waals surface area contributed by atoms with Gasteiger partial charge in [0.1, 0.15) is 5.92 Å². The first-order chi connectivity index (χ1) is 10.4. The van der Waals surface area contributed by atoms with Gasteiger partial charge in [0.25, 0.3) is 5.91 Å². The molecule has 22 heavy (non-hydrogen) atoms. The number of anilines is 1. The number of aromatic nitrogens is 2. The monoisotopic (exact) mass is 299 g/mol. The average Bonchev–Trinajstić information content (AvgIpc) is 2.97. The molecule has 114 valence electrons. The Kier molecular flexibility index (Phi) is 3.24. The van der Waals surface area contributed by atoms with Crippen molar-refractivity contribution in [1.29, 1.82) is 0 Å². The number of amides is 1. The SMILES string of the molecule is Cc1nn(C)c(C)c1C(=O)N1CC(C(=O)O)c2ccccc21. The second-order valence-electron chi connectivity index (χ2n) is 5.53. The van der Waals surface area contributed by atoms with Gasteiger partial charge in [-0.3, -0.25) is 14.3 Å². The van der Waals surface area contributed by atoms with Crippen LogP contribution in [0.4, 0.5) is 5.69 Å².